The van der Waals surface area contributed by atoms with Crippen molar-refractivity contribution in [3.05, 3.63) is 100 Å². The Balaban J connectivity index is 1.61. The van der Waals surface area contributed by atoms with Gasteiger partial charge in [0.2, 0.25) is 5.28 Å². The summed E-state index contributed by atoms with van der Waals surface area (Å²) in [6, 6.07) is 18.4. The maximum absolute atomic E-state index is 12.5. The molecule has 0 spiro atoms. The molecule has 6 rings (SSSR count). The molecule has 180 valence electrons. The van der Waals surface area contributed by atoms with Gasteiger partial charge < -0.3 is 19.1 Å². The largest absolute Gasteiger partial charge is 0.486 e. The van der Waals surface area contributed by atoms with E-state index in [2.05, 4.69) is 15.0 Å². The Morgan fingerprint density at radius 1 is 0.917 bits per heavy atom. The van der Waals surface area contributed by atoms with Crippen molar-refractivity contribution in [3.8, 4) is 22.8 Å². The van der Waals surface area contributed by atoms with Crippen molar-refractivity contribution in [2.24, 2.45) is 7.05 Å². The van der Waals surface area contributed by atoms with Gasteiger partial charge in [-0.2, -0.15) is 0 Å². The minimum Gasteiger partial charge on any atom is -0.486 e. The van der Waals surface area contributed by atoms with Gasteiger partial charge in [0.15, 0.2) is 17.1 Å². The van der Waals surface area contributed by atoms with Crippen molar-refractivity contribution >= 4 is 34.1 Å². The van der Waals surface area contributed by atoms with Crippen molar-refractivity contribution in [3.63, 3.8) is 0 Å². The number of hydrogen-bond acceptors (Lipinski definition) is 6. The summed E-state index contributed by atoms with van der Waals surface area (Å²) in [5, 5.41) is 13.9. The average Bonchev–Trinajstić information content (AvgIpc) is 3.33. The van der Waals surface area contributed by atoms with Gasteiger partial charge in [0.25, 0.3) is 0 Å². The number of rotatable bonds is 4. The topological polar surface area (TPSA) is 82.3 Å². The molecule has 0 amide bonds. The fraction of sp³-hybridized carbons (Fsp3) is 0.148. The van der Waals surface area contributed by atoms with Crippen LogP contribution in [0.5, 0.6) is 11.5 Å². The van der Waals surface area contributed by atoms with Gasteiger partial charge in [-0.25, -0.2) is 15.0 Å². The van der Waals surface area contributed by atoms with Crippen LogP contribution >= 0.6 is 23.2 Å². The third-order valence-electron chi connectivity index (χ3n) is 6.33. The highest BCUT2D eigenvalue weighted by Crippen LogP contribution is 2.42. The van der Waals surface area contributed by atoms with Gasteiger partial charge in [-0.3, -0.25) is 0 Å². The van der Waals surface area contributed by atoms with E-state index in [0.717, 1.165) is 10.9 Å². The number of aromatic nitrogens is 4. The van der Waals surface area contributed by atoms with Crippen LogP contribution in [-0.2, 0) is 12.6 Å². The van der Waals surface area contributed by atoms with Crippen LogP contribution in [0.15, 0.2) is 73.2 Å². The number of aliphatic hydroxyl groups is 1. The minimum atomic E-state index is -1.57. The van der Waals surface area contributed by atoms with Crippen LogP contribution < -0.4 is 9.47 Å². The average molecular weight is 519 g/mol. The SMILES string of the molecule is Cn1cncc1C(O)(c1ccc2c(c1)OCCO2)c1ccc2nc(Cl)nc(-c3cccc(Cl)c3)c2c1. The Bertz CT molecular complexity index is 1620. The third kappa shape index (κ3) is 3.76. The van der Waals surface area contributed by atoms with E-state index >= 15 is 0 Å². The first-order chi connectivity index (χ1) is 17.4. The van der Waals surface area contributed by atoms with Crippen LogP contribution in [0.1, 0.15) is 16.8 Å². The standard InChI is InChI=1S/C27H20Cl2N4O3/c1-33-15-30-14-24(33)27(34,18-6-8-22-23(13-18)36-10-9-35-22)17-5-7-21-20(12-17)25(32-26(29)31-21)16-3-2-4-19(28)11-16/h2-8,11-15,34H,9-10H2,1H3. The van der Waals surface area contributed by atoms with Gasteiger partial charge in [-0.05, 0) is 59.1 Å². The number of halogens is 2. The molecule has 0 fully saturated rings. The van der Waals surface area contributed by atoms with Crippen LogP contribution in [-0.4, -0.2) is 37.8 Å². The highest BCUT2D eigenvalue weighted by molar-refractivity contribution is 6.31. The lowest BCUT2D eigenvalue weighted by Gasteiger charge is -2.31. The Hall–Kier alpha value is -3.65. The maximum Gasteiger partial charge on any atom is 0.223 e. The van der Waals surface area contributed by atoms with Crippen molar-refractivity contribution in [2.75, 3.05) is 13.2 Å². The molecular formula is C27H20Cl2N4O3. The summed E-state index contributed by atoms with van der Waals surface area (Å²) in [6.07, 6.45) is 3.30. The molecule has 0 radical (unpaired) electrons. The van der Waals surface area contributed by atoms with E-state index in [0.29, 0.717) is 57.8 Å². The molecule has 7 nitrogen and oxygen atoms in total. The minimum absolute atomic E-state index is 0.124. The number of hydrogen-bond donors (Lipinski definition) is 1. The predicted octanol–water partition coefficient (Wildman–Crippen LogP) is 5.39. The van der Waals surface area contributed by atoms with E-state index in [1.807, 2.05) is 61.6 Å². The number of ether oxygens (including phenoxy) is 2. The molecule has 0 saturated carbocycles. The monoisotopic (exact) mass is 518 g/mol. The molecule has 9 heteroatoms. The number of nitrogens with zero attached hydrogens (tertiary/aromatic N) is 4. The van der Waals surface area contributed by atoms with Gasteiger partial charge in [-0.15, -0.1) is 0 Å². The first kappa shape index (κ1) is 22.8. The van der Waals surface area contributed by atoms with E-state index in [1.54, 1.807) is 23.2 Å². The first-order valence-corrected chi connectivity index (χ1v) is 12.0. The second-order valence-electron chi connectivity index (χ2n) is 8.54. The Kier molecular flexibility index (Phi) is 5.56. The fourth-order valence-corrected chi connectivity index (χ4v) is 4.98. The van der Waals surface area contributed by atoms with E-state index in [1.165, 1.54) is 0 Å². The second-order valence-corrected chi connectivity index (χ2v) is 9.32. The van der Waals surface area contributed by atoms with Crippen LogP contribution in [0.2, 0.25) is 10.3 Å². The zero-order valence-corrected chi connectivity index (χ0v) is 20.7. The molecule has 1 N–H and O–H groups in total. The molecule has 2 aromatic heterocycles. The Labute approximate surface area is 216 Å². The molecule has 0 aliphatic carbocycles. The smallest absolute Gasteiger partial charge is 0.223 e. The van der Waals surface area contributed by atoms with Crippen molar-refractivity contribution in [1.29, 1.82) is 0 Å². The summed E-state index contributed by atoms with van der Waals surface area (Å²) >= 11 is 12.5. The number of aryl methyl sites for hydroxylation is 1. The third-order valence-corrected chi connectivity index (χ3v) is 6.74. The van der Waals surface area contributed by atoms with E-state index in [9.17, 15) is 5.11 Å². The summed E-state index contributed by atoms with van der Waals surface area (Å²) in [4.78, 5) is 13.2. The Morgan fingerprint density at radius 3 is 2.47 bits per heavy atom. The number of imidazole rings is 1. The number of fused-ring (bicyclic) bond motifs is 2. The molecule has 0 bridgehead atoms. The summed E-state index contributed by atoms with van der Waals surface area (Å²) in [6.45, 7) is 0.926. The molecule has 36 heavy (non-hydrogen) atoms. The van der Waals surface area contributed by atoms with E-state index < -0.39 is 5.60 Å². The van der Waals surface area contributed by atoms with E-state index in [4.69, 9.17) is 32.7 Å². The lowest BCUT2D eigenvalue weighted by Crippen LogP contribution is -2.31. The zero-order valence-electron chi connectivity index (χ0n) is 19.2. The van der Waals surface area contributed by atoms with Crippen LogP contribution in [0.25, 0.3) is 22.2 Å². The Morgan fingerprint density at radius 2 is 1.69 bits per heavy atom. The summed E-state index contributed by atoms with van der Waals surface area (Å²) in [5.41, 5.74) is 2.26. The molecule has 3 aromatic carbocycles. The lowest BCUT2D eigenvalue weighted by atomic mass is 9.82. The van der Waals surface area contributed by atoms with Gasteiger partial charge in [0.1, 0.15) is 13.2 Å². The van der Waals surface area contributed by atoms with Crippen molar-refractivity contribution in [1.82, 2.24) is 19.5 Å². The molecule has 1 atom stereocenters. The van der Waals surface area contributed by atoms with Crippen molar-refractivity contribution < 1.29 is 14.6 Å². The highest BCUT2D eigenvalue weighted by atomic mass is 35.5. The quantitative estimate of drug-likeness (QED) is 0.321. The molecular weight excluding hydrogens is 499 g/mol. The molecule has 1 aliphatic heterocycles. The van der Waals surface area contributed by atoms with Crippen molar-refractivity contribution in [2.45, 2.75) is 5.60 Å². The summed E-state index contributed by atoms with van der Waals surface area (Å²) < 4.78 is 13.3. The van der Waals surface area contributed by atoms with Gasteiger partial charge in [-0.1, -0.05) is 35.9 Å². The highest BCUT2D eigenvalue weighted by Gasteiger charge is 2.38. The summed E-state index contributed by atoms with van der Waals surface area (Å²) in [7, 11) is 1.84. The predicted molar refractivity (Wildman–Crippen MR) is 138 cm³/mol. The molecule has 1 aliphatic rings. The number of benzene rings is 3. The molecule has 0 saturated heterocycles. The maximum atomic E-state index is 12.5. The van der Waals surface area contributed by atoms with Gasteiger partial charge in [0.05, 0.1) is 29.4 Å². The van der Waals surface area contributed by atoms with Crippen LogP contribution in [0.3, 0.4) is 0 Å². The van der Waals surface area contributed by atoms with Gasteiger partial charge >= 0.3 is 0 Å². The van der Waals surface area contributed by atoms with Crippen LogP contribution in [0, 0.1) is 0 Å². The van der Waals surface area contributed by atoms with E-state index in [-0.39, 0.29) is 5.28 Å². The zero-order chi connectivity index (χ0) is 24.9. The normalized spacial score (nSPS) is 14.6. The fourth-order valence-electron chi connectivity index (χ4n) is 4.62. The second kappa shape index (κ2) is 8.78. The summed E-state index contributed by atoms with van der Waals surface area (Å²) in [5.74, 6) is 1.22. The molecule has 5 aromatic rings. The lowest BCUT2D eigenvalue weighted by molar-refractivity contribution is 0.116. The molecule has 3 heterocycles. The first-order valence-electron chi connectivity index (χ1n) is 11.3. The van der Waals surface area contributed by atoms with Crippen LogP contribution in [0.4, 0.5) is 0 Å². The molecule has 1 unspecified atom stereocenters. The van der Waals surface area contributed by atoms with Gasteiger partial charge in [0, 0.05) is 23.0 Å².